The average molecular weight is 164 g/mol. The van der Waals surface area contributed by atoms with E-state index in [0.717, 1.165) is 0 Å². The summed E-state index contributed by atoms with van der Waals surface area (Å²) in [5.74, 6) is 0. The van der Waals surface area contributed by atoms with Gasteiger partial charge in [0.25, 0.3) is 0 Å². The van der Waals surface area contributed by atoms with Gasteiger partial charge in [-0.15, -0.1) is 0 Å². The van der Waals surface area contributed by atoms with Crippen LogP contribution < -0.4 is 0 Å². The van der Waals surface area contributed by atoms with Crippen molar-refractivity contribution in [2.45, 2.75) is 12.7 Å². The first-order valence-corrected chi connectivity index (χ1v) is 3.59. The van der Waals surface area contributed by atoms with Gasteiger partial charge in [0.15, 0.2) is 6.29 Å². The number of methoxy groups -OCH3 is 2. The van der Waals surface area contributed by atoms with Gasteiger partial charge in [0.1, 0.15) is 0 Å². The van der Waals surface area contributed by atoms with Gasteiger partial charge in [-0.05, 0) is 0 Å². The quantitative estimate of drug-likeness (QED) is 0.425. The Morgan fingerprint density at radius 2 is 1.82 bits per heavy atom. The third-order valence-electron chi connectivity index (χ3n) is 1.26. The maximum Gasteiger partial charge on any atom is 0.159 e. The van der Waals surface area contributed by atoms with E-state index in [2.05, 4.69) is 0 Å². The fourth-order valence-corrected chi connectivity index (χ4v) is 0.678. The van der Waals surface area contributed by atoms with Gasteiger partial charge in [0.2, 0.25) is 0 Å². The Bertz CT molecular complexity index is 72.8. The molecule has 0 saturated carbocycles. The van der Waals surface area contributed by atoms with Crippen LogP contribution >= 0.6 is 0 Å². The highest BCUT2D eigenvalue weighted by Gasteiger charge is 2.03. The molecule has 0 atom stereocenters. The molecule has 11 heavy (non-hydrogen) atoms. The van der Waals surface area contributed by atoms with E-state index in [0.29, 0.717) is 19.6 Å². The second-order valence-corrected chi connectivity index (χ2v) is 2.03. The molecule has 0 aromatic heterocycles. The molecule has 0 radical (unpaired) electrons. The van der Waals surface area contributed by atoms with E-state index in [9.17, 15) is 0 Å². The van der Waals surface area contributed by atoms with Crippen molar-refractivity contribution < 1.29 is 19.3 Å². The summed E-state index contributed by atoms with van der Waals surface area (Å²) in [6.45, 7) is 0.984. The van der Waals surface area contributed by atoms with Crippen molar-refractivity contribution in [2.75, 3.05) is 34.0 Å². The van der Waals surface area contributed by atoms with Crippen LogP contribution in [-0.2, 0) is 14.2 Å². The normalized spacial score (nSPS) is 10.9. The Balaban J connectivity index is 3.07. The smallest absolute Gasteiger partial charge is 0.159 e. The predicted octanol–water partition coefficient (Wildman–Crippen LogP) is 0.00430. The topological polar surface area (TPSA) is 47.9 Å². The van der Waals surface area contributed by atoms with E-state index in [-0.39, 0.29) is 12.9 Å². The van der Waals surface area contributed by atoms with Gasteiger partial charge >= 0.3 is 0 Å². The second-order valence-electron chi connectivity index (χ2n) is 2.03. The molecule has 0 aliphatic carbocycles. The lowest BCUT2D eigenvalue weighted by molar-refractivity contribution is -0.116. The Hall–Kier alpha value is -0.160. The maximum atomic E-state index is 8.36. The molecule has 0 aliphatic heterocycles. The molecule has 0 rings (SSSR count). The molecule has 0 bridgehead atoms. The summed E-state index contributed by atoms with van der Waals surface area (Å²) in [5.41, 5.74) is 0. The van der Waals surface area contributed by atoms with E-state index < -0.39 is 0 Å². The minimum absolute atomic E-state index is 0.0601. The number of hydrogen-bond acceptors (Lipinski definition) is 4. The van der Waals surface area contributed by atoms with Crippen LogP contribution in [0.1, 0.15) is 6.42 Å². The zero-order valence-electron chi connectivity index (χ0n) is 7.08. The average Bonchev–Trinajstić information content (AvgIpc) is 2.05. The zero-order chi connectivity index (χ0) is 8.53. The Kier molecular flexibility index (Phi) is 7.83. The number of ether oxygens (including phenoxy) is 3. The molecule has 0 aromatic rings. The first-order chi connectivity index (χ1) is 5.35. The number of hydrogen-bond donors (Lipinski definition) is 1. The van der Waals surface area contributed by atoms with Crippen molar-refractivity contribution in [3.8, 4) is 0 Å². The monoisotopic (exact) mass is 164 g/mol. The highest BCUT2D eigenvalue weighted by atomic mass is 16.7. The number of rotatable bonds is 7. The standard InChI is InChI=1S/C7H16O4/c1-9-7(10-2)3-5-11-6-4-8/h7-8H,3-6H2,1-2H3. The van der Waals surface area contributed by atoms with Gasteiger partial charge in [0.05, 0.1) is 19.8 Å². The van der Waals surface area contributed by atoms with Gasteiger partial charge in [0, 0.05) is 20.6 Å². The molecule has 1 N–H and O–H groups in total. The van der Waals surface area contributed by atoms with Crippen molar-refractivity contribution in [1.82, 2.24) is 0 Å². The molecule has 0 aromatic carbocycles. The van der Waals surface area contributed by atoms with Crippen molar-refractivity contribution in [2.24, 2.45) is 0 Å². The van der Waals surface area contributed by atoms with Gasteiger partial charge < -0.3 is 19.3 Å². The van der Waals surface area contributed by atoms with Crippen molar-refractivity contribution in [1.29, 1.82) is 0 Å². The molecule has 4 nitrogen and oxygen atoms in total. The van der Waals surface area contributed by atoms with Crippen LogP contribution in [0.3, 0.4) is 0 Å². The van der Waals surface area contributed by atoms with E-state index >= 15 is 0 Å². The molecular weight excluding hydrogens is 148 g/mol. The van der Waals surface area contributed by atoms with E-state index in [1.165, 1.54) is 0 Å². The highest BCUT2D eigenvalue weighted by Crippen LogP contribution is 1.97. The third kappa shape index (κ3) is 6.25. The summed E-state index contributed by atoms with van der Waals surface area (Å²) in [6, 6.07) is 0. The second kappa shape index (κ2) is 7.94. The van der Waals surface area contributed by atoms with Gasteiger partial charge in [-0.25, -0.2) is 0 Å². The molecule has 68 valence electrons. The largest absolute Gasteiger partial charge is 0.394 e. The molecule has 0 unspecified atom stereocenters. The van der Waals surface area contributed by atoms with Gasteiger partial charge in [-0.1, -0.05) is 0 Å². The number of aliphatic hydroxyl groups is 1. The summed E-state index contributed by atoms with van der Waals surface area (Å²) in [7, 11) is 3.17. The van der Waals surface area contributed by atoms with Crippen LogP contribution in [0.2, 0.25) is 0 Å². The van der Waals surface area contributed by atoms with Crippen LogP contribution in [0, 0.1) is 0 Å². The van der Waals surface area contributed by atoms with Crippen molar-refractivity contribution in [3.05, 3.63) is 0 Å². The van der Waals surface area contributed by atoms with Crippen molar-refractivity contribution in [3.63, 3.8) is 0 Å². The predicted molar refractivity (Wildman–Crippen MR) is 40.3 cm³/mol. The van der Waals surface area contributed by atoms with Crippen LogP contribution in [0.25, 0.3) is 0 Å². The van der Waals surface area contributed by atoms with Crippen LogP contribution in [-0.4, -0.2) is 45.4 Å². The zero-order valence-corrected chi connectivity index (χ0v) is 7.08. The maximum absolute atomic E-state index is 8.36. The van der Waals surface area contributed by atoms with Gasteiger partial charge in [-0.2, -0.15) is 0 Å². The van der Waals surface area contributed by atoms with E-state index in [1.807, 2.05) is 0 Å². The third-order valence-corrected chi connectivity index (χ3v) is 1.26. The summed E-state index contributed by atoms with van der Waals surface area (Å²) in [5, 5.41) is 8.36. The molecular formula is C7H16O4. The molecule has 0 spiro atoms. The lowest BCUT2D eigenvalue weighted by Gasteiger charge is -2.12. The minimum Gasteiger partial charge on any atom is -0.394 e. The summed E-state index contributed by atoms with van der Waals surface area (Å²) in [6.07, 6.45) is 0.487. The van der Waals surface area contributed by atoms with Gasteiger partial charge in [-0.3, -0.25) is 0 Å². The van der Waals surface area contributed by atoms with Crippen molar-refractivity contribution >= 4 is 0 Å². The highest BCUT2D eigenvalue weighted by molar-refractivity contribution is 4.41. The summed E-state index contributed by atoms with van der Waals surface area (Å²) in [4.78, 5) is 0. The summed E-state index contributed by atoms with van der Waals surface area (Å²) >= 11 is 0. The van der Waals surface area contributed by atoms with E-state index in [4.69, 9.17) is 19.3 Å². The Morgan fingerprint density at radius 1 is 1.18 bits per heavy atom. The molecule has 0 amide bonds. The molecule has 0 saturated heterocycles. The van der Waals surface area contributed by atoms with Crippen LogP contribution in [0.4, 0.5) is 0 Å². The Morgan fingerprint density at radius 3 is 2.27 bits per heavy atom. The summed E-state index contributed by atoms with van der Waals surface area (Å²) < 4.78 is 14.8. The van der Waals surface area contributed by atoms with Crippen LogP contribution in [0.15, 0.2) is 0 Å². The first-order valence-electron chi connectivity index (χ1n) is 3.59. The fraction of sp³-hybridized carbons (Fsp3) is 1.00. The molecule has 0 heterocycles. The molecule has 0 fully saturated rings. The first kappa shape index (κ1) is 10.8. The van der Waals surface area contributed by atoms with E-state index in [1.54, 1.807) is 14.2 Å². The molecule has 0 aliphatic rings. The lowest BCUT2D eigenvalue weighted by atomic mass is 10.4. The molecule has 4 heteroatoms. The fourth-order valence-electron chi connectivity index (χ4n) is 0.678. The number of aliphatic hydroxyl groups excluding tert-OH is 1. The Labute approximate surface area is 67.1 Å². The SMILES string of the molecule is COC(CCOCCO)OC. The lowest BCUT2D eigenvalue weighted by Crippen LogP contribution is -2.16. The minimum atomic E-state index is -0.200. The van der Waals surface area contributed by atoms with Crippen LogP contribution in [0.5, 0.6) is 0 Å².